The molecule has 0 aliphatic carbocycles. The molecule has 2 aliphatic rings. The van der Waals surface area contributed by atoms with Crippen molar-refractivity contribution in [1.29, 1.82) is 0 Å². The molecule has 0 radical (unpaired) electrons. The lowest BCUT2D eigenvalue weighted by Gasteiger charge is -2.38. The number of carbonyl (C=O) groups is 1. The van der Waals surface area contributed by atoms with Gasteiger partial charge in [0.2, 0.25) is 5.91 Å². The molecule has 0 bridgehead atoms. The second-order valence-corrected chi connectivity index (χ2v) is 6.40. The lowest BCUT2D eigenvalue weighted by atomic mass is 9.74. The van der Waals surface area contributed by atoms with E-state index in [0.717, 1.165) is 25.1 Å². The first-order valence-electron chi connectivity index (χ1n) is 8.56. The quantitative estimate of drug-likeness (QED) is 0.835. The van der Waals surface area contributed by atoms with E-state index >= 15 is 0 Å². The monoisotopic (exact) mass is 334 g/mol. The number of hydrogen-bond donors (Lipinski definition) is 2. The zero-order valence-electron chi connectivity index (χ0n) is 14.2. The molecule has 2 saturated heterocycles. The highest BCUT2D eigenvalue weighted by molar-refractivity contribution is 5.81. The average Bonchev–Trinajstić information content (AvgIpc) is 2.67. The molecule has 1 aromatic rings. The topological polar surface area (TPSA) is 68.8 Å². The summed E-state index contributed by atoms with van der Waals surface area (Å²) in [6.07, 6.45) is 1.39. The van der Waals surface area contributed by atoms with Gasteiger partial charge in [0.1, 0.15) is 11.9 Å². The van der Waals surface area contributed by atoms with Gasteiger partial charge < -0.3 is 24.8 Å². The van der Waals surface area contributed by atoms with Crippen molar-refractivity contribution in [2.45, 2.75) is 24.4 Å². The highest BCUT2D eigenvalue weighted by Gasteiger charge is 2.35. The zero-order chi connectivity index (χ0) is 16.8. The van der Waals surface area contributed by atoms with Crippen molar-refractivity contribution in [2.75, 3.05) is 46.6 Å². The molecule has 2 heterocycles. The molecule has 3 rings (SSSR count). The highest BCUT2D eigenvalue weighted by atomic mass is 16.5. The lowest BCUT2D eigenvalue weighted by molar-refractivity contribution is -0.134. The van der Waals surface area contributed by atoms with Gasteiger partial charge in [-0.3, -0.25) is 4.79 Å². The van der Waals surface area contributed by atoms with Crippen LogP contribution in [0.3, 0.4) is 0 Å². The summed E-state index contributed by atoms with van der Waals surface area (Å²) in [6.45, 7) is 3.98. The van der Waals surface area contributed by atoms with E-state index in [1.165, 1.54) is 5.56 Å². The fourth-order valence-electron chi connectivity index (χ4n) is 3.38. The van der Waals surface area contributed by atoms with Gasteiger partial charge in [-0.05, 0) is 30.5 Å². The van der Waals surface area contributed by atoms with Gasteiger partial charge in [0, 0.05) is 38.3 Å². The molecule has 2 N–H and O–H groups in total. The predicted molar refractivity (Wildman–Crippen MR) is 90.3 cm³/mol. The van der Waals surface area contributed by atoms with Crippen LogP contribution in [0.25, 0.3) is 0 Å². The molecule has 2 fully saturated rings. The second kappa shape index (κ2) is 7.96. The average molecular weight is 334 g/mol. The first-order chi connectivity index (χ1) is 11.7. The van der Waals surface area contributed by atoms with Crippen LogP contribution < -0.4 is 15.4 Å². The maximum atomic E-state index is 12.4. The standard InChI is InChI=1S/C18H26N2O4/c1-22-15-4-2-14(3-5-15)18(6-9-23-10-7-18)13-20-17(21)16-12-19-8-11-24-16/h2-5,16,19H,6-13H2,1H3,(H,20,21). The number of benzene rings is 1. The molecule has 6 nitrogen and oxygen atoms in total. The van der Waals surface area contributed by atoms with E-state index < -0.39 is 6.10 Å². The molecule has 1 atom stereocenters. The van der Waals surface area contributed by atoms with Crippen LogP contribution in [0.4, 0.5) is 0 Å². The third-order valence-electron chi connectivity index (χ3n) is 4.97. The van der Waals surface area contributed by atoms with Crippen LogP contribution in [0.1, 0.15) is 18.4 Å². The third kappa shape index (κ3) is 3.88. The van der Waals surface area contributed by atoms with Crippen molar-refractivity contribution in [1.82, 2.24) is 10.6 Å². The molecule has 0 saturated carbocycles. The number of carbonyl (C=O) groups excluding carboxylic acids is 1. The highest BCUT2D eigenvalue weighted by Crippen LogP contribution is 2.35. The number of hydrogen-bond acceptors (Lipinski definition) is 5. The molecule has 24 heavy (non-hydrogen) atoms. The van der Waals surface area contributed by atoms with Crippen molar-refractivity contribution < 1.29 is 19.0 Å². The summed E-state index contributed by atoms with van der Waals surface area (Å²) in [4.78, 5) is 12.4. The lowest BCUT2D eigenvalue weighted by Crippen LogP contribution is -2.51. The number of nitrogens with one attached hydrogen (secondary N) is 2. The van der Waals surface area contributed by atoms with E-state index in [2.05, 4.69) is 22.8 Å². The molecule has 1 amide bonds. The summed E-state index contributed by atoms with van der Waals surface area (Å²) < 4.78 is 16.3. The fraction of sp³-hybridized carbons (Fsp3) is 0.611. The maximum absolute atomic E-state index is 12.4. The minimum absolute atomic E-state index is 0.0402. The molecular weight excluding hydrogens is 308 g/mol. The van der Waals surface area contributed by atoms with Gasteiger partial charge in [0.15, 0.2) is 0 Å². The molecule has 1 aromatic carbocycles. The summed E-state index contributed by atoms with van der Waals surface area (Å²) >= 11 is 0. The van der Waals surface area contributed by atoms with Crippen LogP contribution in [-0.2, 0) is 19.7 Å². The fourth-order valence-corrected chi connectivity index (χ4v) is 3.38. The minimum atomic E-state index is -0.397. The first-order valence-corrected chi connectivity index (χ1v) is 8.56. The van der Waals surface area contributed by atoms with Crippen molar-refractivity contribution >= 4 is 5.91 Å². The second-order valence-electron chi connectivity index (χ2n) is 6.40. The Kier molecular flexibility index (Phi) is 5.71. The molecule has 132 valence electrons. The minimum Gasteiger partial charge on any atom is -0.497 e. The van der Waals surface area contributed by atoms with Gasteiger partial charge in [-0.1, -0.05) is 12.1 Å². The summed E-state index contributed by atoms with van der Waals surface area (Å²) in [5, 5.41) is 6.29. The summed E-state index contributed by atoms with van der Waals surface area (Å²) in [5.74, 6) is 0.799. The third-order valence-corrected chi connectivity index (χ3v) is 4.97. The van der Waals surface area contributed by atoms with Gasteiger partial charge in [-0.15, -0.1) is 0 Å². The van der Waals surface area contributed by atoms with Crippen LogP contribution in [0.2, 0.25) is 0 Å². The Morgan fingerprint density at radius 2 is 2.04 bits per heavy atom. The van der Waals surface area contributed by atoms with E-state index in [-0.39, 0.29) is 11.3 Å². The Hall–Kier alpha value is -1.63. The Labute approximate surface area is 142 Å². The molecule has 0 spiro atoms. The van der Waals surface area contributed by atoms with Crippen molar-refractivity contribution in [3.05, 3.63) is 29.8 Å². The number of ether oxygens (including phenoxy) is 3. The molecule has 1 unspecified atom stereocenters. The van der Waals surface area contributed by atoms with Crippen LogP contribution in [0.15, 0.2) is 24.3 Å². The molecule has 6 heteroatoms. The van der Waals surface area contributed by atoms with E-state index in [1.807, 2.05) is 12.1 Å². The summed E-state index contributed by atoms with van der Waals surface area (Å²) in [6, 6.07) is 8.13. The summed E-state index contributed by atoms with van der Waals surface area (Å²) in [5.41, 5.74) is 1.12. The smallest absolute Gasteiger partial charge is 0.250 e. The molecule has 0 aromatic heterocycles. The van der Waals surface area contributed by atoms with Crippen LogP contribution in [0.5, 0.6) is 5.75 Å². The van der Waals surface area contributed by atoms with Gasteiger partial charge in [0.05, 0.1) is 13.7 Å². The largest absolute Gasteiger partial charge is 0.497 e. The predicted octanol–water partition coefficient (Wildman–Crippen LogP) is 0.848. The SMILES string of the molecule is COc1ccc(C2(CNC(=O)C3CNCCO3)CCOCC2)cc1. The van der Waals surface area contributed by atoms with E-state index in [9.17, 15) is 4.79 Å². The van der Waals surface area contributed by atoms with Gasteiger partial charge in [-0.25, -0.2) is 0 Å². The normalized spacial score (nSPS) is 23.5. The van der Waals surface area contributed by atoms with Crippen LogP contribution >= 0.6 is 0 Å². The Morgan fingerprint density at radius 3 is 2.67 bits per heavy atom. The van der Waals surface area contributed by atoms with Crippen molar-refractivity contribution in [2.24, 2.45) is 0 Å². The Balaban J connectivity index is 1.69. The van der Waals surface area contributed by atoms with Gasteiger partial charge in [-0.2, -0.15) is 0 Å². The first kappa shape index (κ1) is 17.2. The zero-order valence-corrected chi connectivity index (χ0v) is 14.2. The van der Waals surface area contributed by atoms with Crippen molar-refractivity contribution in [3.8, 4) is 5.75 Å². The van der Waals surface area contributed by atoms with Crippen LogP contribution in [-0.4, -0.2) is 58.6 Å². The van der Waals surface area contributed by atoms with Crippen LogP contribution in [0, 0.1) is 0 Å². The number of methoxy groups -OCH3 is 1. The van der Waals surface area contributed by atoms with Gasteiger partial charge in [0.25, 0.3) is 0 Å². The summed E-state index contributed by atoms with van der Waals surface area (Å²) in [7, 11) is 1.66. The van der Waals surface area contributed by atoms with Crippen molar-refractivity contribution in [3.63, 3.8) is 0 Å². The van der Waals surface area contributed by atoms with E-state index in [1.54, 1.807) is 7.11 Å². The maximum Gasteiger partial charge on any atom is 0.250 e. The number of amides is 1. The molecular formula is C18H26N2O4. The van der Waals surface area contributed by atoms with E-state index in [0.29, 0.717) is 32.9 Å². The Bertz CT molecular complexity index is 534. The Morgan fingerprint density at radius 1 is 1.29 bits per heavy atom. The number of rotatable bonds is 5. The number of morpholine rings is 1. The van der Waals surface area contributed by atoms with Gasteiger partial charge >= 0.3 is 0 Å². The van der Waals surface area contributed by atoms with E-state index in [4.69, 9.17) is 14.2 Å². The molecule has 2 aliphatic heterocycles.